The fourth-order valence-corrected chi connectivity index (χ4v) is 5.40. The number of piperazine rings is 1. The fourth-order valence-electron chi connectivity index (χ4n) is 3.70. The monoisotopic (exact) mass is 449 g/mol. The molecule has 1 aliphatic rings. The lowest BCUT2D eigenvalue weighted by Crippen LogP contribution is -2.44. The van der Waals surface area contributed by atoms with Gasteiger partial charge in [-0.15, -0.1) is 0 Å². The molecule has 0 spiro atoms. The van der Waals surface area contributed by atoms with Crippen LogP contribution in [-0.2, 0) is 16.9 Å². The zero-order chi connectivity index (χ0) is 21.6. The maximum absolute atomic E-state index is 14.9. The fraction of sp³-hybridized carbons (Fsp3) is 0.286. The Morgan fingerprint density at radius 1 is 1.03 bits per heavy atom. The molecule has 2 aromatic carbocycles. The number of sulfone groups is 1. The maximum atomic E-state index is 14.9. The molecule has 1 fully saturated rings. The van der Waals surface area contributed by atoms with Crippen LogP contribution in [0.3, 0.4) is 0 Å². The number of rotatable bonds is 3. The van der Waals surface area contributed by atoms with E-state index in [2.05, 4.69) is 4.90 Å². The van der Waals surface area contributed by atoms with Crippen LogP contribution >= 0.6 is 11.6 Å². The molecule has 0 bridgehead atoms. The number of likely N-dealkylation sites (N-methyl/N-ethyl adjacent to an activating group) is 1. The van der Waals surface area contributed by atoms with Crippen molar-refractivity contribution in [2.45, 2.75) is 9.79 Å². The molecule has 0 radical (unpaired) electrons. The molecule has 0 saturated carbocycles. The lowest BCUT2D eigenvalue weighted by molar-refractivity contribution is 0.312. The SMILES string of the molecule is CN1CCN(c2cc3c(cc2F)c(=O)c(S(=O)(=O)c2cccc(Cl)c2)cn3C)CC1. The third-order valence-electron chi connectivity index (χ3n) is 5.46. The van der Waals surface area contributed by atoms with Gasteiger partial charge in [0.05, 0.1) is 21.5 Å². The Kier molecular flexibility index (Phi) is 5.34. The molecule has 0 aliphatic carbocycles. The lowest BCUT2D eigenvalue weighted by atomic mass is 10.1. The van der Waals surface area contributed by atoms with Gasteiger partial charge in [0, 0.05) is 44.4 Å². The van der Waals surface area contributed by atoms with Crippen LogP contribution in [-0.4, -0.2) is 51.1 Å². The predicted molar refractivity (Wildman–Crippen MR) is 116 cm³/mol. The first-order valence-electron chi connectivity index (χ1n) is 9.45. The van der Waals surface area contributed by atoms with Crippen molar-refractivity contribution in [3.63, 3.8) is 0 Å². The minimum atomic E-state index is -4.11. The highest BCUT2D eigenvalue weighted by Crippen LogP contribution is 2.28. The number of anilines is 1. The Bertz CT molecular complexity index is 1300. The molecule has 0 N–H and O–H groups in total. The summed E-state index contributed by atoms with van der Waals surface area (Å²) in [6.07, 6.45) is 1.28. The van der Waals surface area contributed by atoms with Crippen LogP contribution in [0.1, 0.15) is 0 Å². The second-order valence-electron chi connectivity index (χ2n) is 7.51. The van der Waals surface area contributed by atoms with Gasteiger partial charge in [0.1, 0.15) is 10.7 Å². The van der Waals surface area contributed by atoms with Crippen LogP contribution in [0.25, 0.3) is 10.9 Å². The maximum Gasteiger partial charge on any atom is 0.211 e. The van der Waals surface area contributed by atoms with Crippen LogP contribution in [0.5, 0.6) is 0 Å². The molecule has 4 rings (SSSR count). The average molecular weight is 450 g/mol. The molecule has 158 valence electrons. The van der Waals surface area contributed by atoms with Crippen molar-refractivity contribution in [1.82, 2.24) is 9.47 Å². The molecule has 2 heterocycles. The number of aryl methyl sites for hydroxylation is 1. The molecule has 1 saturated heterocycles. The van der Waals surface area contributed by atoms with Gasteiger partial charge in [0.2, 0.25) is 15.3 Å². The van der Waals surface area contributed by atoms with E-state index in [4.69, 9.17) is 11.6 Å². The number of hydrogen-bond acceptors (Lipinski definition) is 5. The van der Waals surface area contributed by atoms with Gasteiger partial charge in [-0.3, -0.25) is 4.79 Å². The molecule has 9 heteroatoms. The molecule has 30 heavy (non-hydrogen) atoms. The standard InChI is InChI=1S/C21H21ClFN3O3S/c1-24-6-8-26(9-7-24)19-12-18-16(11-17(19)23)21(27)20(13-25(18)2)30(28,29)15-5-3-4-14(22)10-15/h3-5,10-13H,6-9H2,1-2H3. The first kappa shape index (κ1) is 20.8. The molecular formula is C21H21ClFN3O3S. The molecule has 0 atom stereocenters. The zero-order valence-electron chi connectivity index (χ0n) is 16.6. The van der Waals surface area contributed by atoms with E-state index >= 15 is 0 Å². The van der Waals surface area contributed by atoms with Gasteiger partial charge in [0.25, 0.3) is 0 Å². The molecule has 1 aromatic heterocycles. The van der Waals surface area contributed by atoms with Gasteiger partial charge < -0.3 is 14.4 Å². The van der Waals surface area contributed by atoms with E-state index < -0.39 is 26.0 Å². The predicted octanol–water partition coefficient (Wildman–Crippen LogP) is 2.92. The van der Waals surface area contributed by atoms with E-state index in [1.807, 2.05) is 11.9 Å². The number of hydrogen-bond donors (Lipinski definition) is 0. The van der Waals surface area contributed by atoms with Gasteiger partial charge >= 0.3 is 0 Å². The Labute approximate surface area is 179 Å². The van der Waals surface area contributed by atoms with Gasteiger partial charge in [0.15, 0.2) is 0 Å². The van der Waals surface area contributed by atoms with Crippen LogP contribution in [0.15, 0.2) is 57.2 Å². The van der Waals surface area contributed by atoms with Crippen LogP contribution < -0.4 is 10.3 Å². The van der Waals surface area contributed by atoms with E-state index in [1.165, 1.54) is 24.4 Å². The highest BCUT2D eigenvalue weighted by Gasteiger charge is 2.25. The number of fused-ring (bicyclic) bond motifs is 1. The minimum Gasteiger partial charge on any atom is -0.367 e. The van der Waals surface area contributed by atoms with Crippen molar-refractivity contribution in [1.29, 1.82) is 0 Å². The molecule has 1 aliphatic heterocycles. The Morgan fingerprint density at radius 2 is 1.73 bits per heavy atom. The summed E-state index contributed by atoms with van der Waals surface area (Å²) < 4.78 is 42.6. The van der Waals surface area contributed by atoms with Crippen molar-refractivity contribution in [2.24, 2.45) is 7.05 Å². The normalized spacial score (nSPS) is 15.7. The smallest absolute Gasteiger partial charge is 0.211 e. The highest BCUT2D eigenvalue weighted by molar-refractivity contribution is 7.91. The number of halogens is 2. The van der Waals surface area contributed by atoms with Crippen molar-refractivity contribution in [2.75, 3.05) is 38.1 Å². The molecule has 0 amide bonds. The zero-order valence-corrected chi connectivity index (χ0v) is 18.2. The Hall–Kier alpha value is -2.42. The first-order chi connectivity index (χ1) is 14.2. The summed E-state index contributed by atoms with van der Waals surface area (Å²) in [5, 5.41) is 0.271. The average Bonchev–Trinajstić information content (AvgIpc) is 2.71. The summed E-state index contributed by atoms with van der Waals surface area (Å²) in [4.78, 5) is 16.7. The van der Waals surface area contributed by atoms with Gasteiger partial charge in [-0.1, -0.05) is 17.7 Å². The van der Waals surface area contributed by atoms with Crippen molar-refractivity contribution in [3.05, 3.63) is 63.7 Å². The van der Waals surface area contributed by atoms with E-state index in [0.717, 1.165) is 19.2 Å². The summed E-state index contributed by atoms with van der Waals surface area (Å²) in [6, 6.07) is 8.48. The van der Waals surface area contributed by atoms with Gasteiger partial charge in [-0.05, 0) is 37.4 Å². The largest absolute Gasteiger partial charge is 0.367 e. The first-order valence-corrected chi connectivity index (χ1v) is 11.3. The van der Waals surface area contributed by atoms with E-state index in [0.29, 0.717) is 24.3 Å². The Balaban J connectivity index is 1.87. The Morgan fingerprint density at radius 3 is 2.40 bits per heavy atom. The van der Waals surface area contributed by atoms with Crippen molar-refractivity contribution < 1.29 is 12.8 Å². The minimum absolute atomic E-state index is 0.0241. The van der Waals surface area contributed by atoms with Crippen LogP contribution in [0.2, 0.25) is 5.02 Å². The van der Waals surface area contributed by atoms with E-state index in [1.54, 1.807) is 23.7 Å². The molecule has 6 nitrogen and oxygen atoms in total. The second kappa shape index (κ2) is 7.68. The van der Waals surface area contributed by atoms with Crippen molar-refractivity contribution >= 4 is 38.0 Å². The summed E-state index contributed by atoms with van der Waals surface area (Å²) in [6.45, 7) is 2.97. The molecular weight excluding hydrogens is 429 g/mol. The third-order valence-corrected chi connectivity index (χ3v) is 7.44. The number of benzene rings is 2. The topological polar surface area (TPSA) is 62.6 Å². The van der Waals surface area contributed by atoms with E-state index in [9.17, 15) is 17.6 Å². The highest BCUT2D eigenvalue weighted by atomic mass is 35.5. The third kappa shape index (κ3) is 3.59. The second-order valence-corrected chi connectivity index (χ2v) is 9.86. The summed E-state index contributed by atoms with van der Waals surface area (Å²) >= 11 is 5.92. The number of aromatic nitrogens is 1. The molecule has 0 unspecified atom stereocenters. The number of pyridine rings is 1. The van der Waals surface area contributed by atoms with Crippen molar-refractivity contribution in [3.8, 4) is 0 Å². The summed E-state index contributed by atoms with van der Waals surface area (Å²) in [5.74, 6) is -0.540. The summed E-state index contributed by atoms with van der Waals surface area (Å²) in [5.41, 5.74) is 0.156. The van der Waals surface area contributed by atoms with Gasteiger partial charge in [-0.2, -0.15) is 0 Å². The molecule has 3 aromatic rings. The van der Waals surface area contributed by atoms with Crippen LogP contribution in [0, 0.1) is 5.82 Å². The van der Waals surface area contributed by atoms with E-state index in [-0.39, 0.29) is 15.3 Å². The van der Waals surface area contributed by atoms with Gasteiger partial charge in [-0.25, -0.2) is 12.8 Å². The lowest BCUT2D eigenvalue weighted by Gasteiger charge is -2.34. The quantitative estimate of drug-likeness (QED) is 0.615. The number of nitrogens with zero attached hydrogens (tertiary/aromatic N) is 3. The van der Waals surface area contributed by atoms with Crippen LogP contribution in [0.4, 0.5) is 10.1 Å². The summed E-state index contributed by atoms with van der Waals surface area (Å²) in [7, 11) is -0.455.